The molecule has 10 nitrogen and oxygen atoms in total. The number of hydrogen-bond acceptors (Lipinski definition) is 7. The number of nitrogens with zero attached hydrogens (tertiary/aromatic N) is 6. The predicted octanol–water partition coefficient (Wildman–Crippen LogP) is 1.31. The van der Waals surface area contributed by atoms with Crippen LogP contribution in [0.25, 0.3) is 11.2 Å². The van der Waals surface area contributed by atoms with Crippen LogP contribution in [-0.2, 0) is 14.1 Å². The van der Waals surface area contributed by atoms with Crippen molar-refractivity contribution in [3.05, 3.63) is 45.1 Å². The fourth-order valence-electron chi connectivity index (χ4n) is 3.62. The molecule has 0 radical (unpaired) electrons. The Labute approximate surface area is 173 Å². The van der Waals surface area contributed by atoms with Gasteiger partial charge in [-0.3, -0.25) is 18.5 Å². The number of methoxy groups -OCH3 is 1. The number of anilines is 2. The minimum absolute atomic E-state index is 0.138. The van der Waals surface area contributed by atoms with Gasteiger partial charge in [0, 0.05) is 26.3 Å². The van der Waals surface area contributed by atoms with Gasteiger partial charge in [0.15, 0.2) is 11.2 Å². The molecule has 3 heterocycles. The quantitative estimate of drug-likeness (QED) is 0.680. The molecule has 0 saturated heterocycles. The third-order valence-corrected chi connectivity index (χ3v) is 5.52. The van der Waals surface area contributed by atoms with E-state index in [1.165, 1.54) is 11.6 Å². The topological polar surface area (TPSA) is 98.7 Å². The summed E-state index contributed by atoms with van der Waals surface area (Å²) in [4.78, 5) is 29.8. The van der Waals surface area contributed by atoms with Crippen molar-refractivity contribution in [1.82, 2.24) is 18.7 Å². The smallest absolute Gasteiger partial charge is 0.332 e. The first-order valence-electron chi connectivity index (χ1n) is 9.72. The summed E-state index contributed by atoms with van der Waals surface area (Å²) in [5.74, 6) is 1.35. The molecule has 2 aromatic heterocycles. The van der Waals surface area contributed by atoms with Crippen LogP contribution >= 0.6 is 0 Å². The highest BCUT2D eigenvalue weighted by molar-refractivity contribution is 5.91. The van der Waals surface area contributed by atoms with Crippen LogP contribution in [-0.4, -0.2) is 44.6 Å². The normalized spacial score (nSPS) is 15.8. The zero-order chi connectivity index (χ0) is 21.6. The molecule has 3 aromatic rings. The molecular weight excluding hydrogens is 386 g/mol. The molecule has 4 rings (SSSR count). The summed E-state index contributed by atoms with van der Waals surface area (Å²) in [5, 5.41) is 9.80. The van der Waals surface area contributed by atoms with Crippen molar-refractivity contribution >= 4 is 28.5 Å². The van der Waals surface area contributed by atoms with Crippen LogP contribution in [0.1, 0.15) is 19.9 Å². The van der Waals surface area contributed by atoms with Crippen molar-refractivity contribution < 1.29 is 4.74 Å². The lowest BCUT2D eigenvalue weighted by atomic mass is 10.2. The average molecular weight is 411 g/mol. The van der Waals surface area contributed by atoms with E-state index in [1.807, 2.05) is 42.7 Å². The maximum Gasteiger partial charge on any atom is 0.332 e. The van der Waals surface area contributed by atoms with E-state index in [9.17, 15) is 9.59 Å². The van der Waals surface area contributed by atoms with E-state index >= 15 is 0 Å². The zero-order valence-corrected chi connectivity index (χ0v) is 17.7. The van der Waals surface area contributed by atoms with Gasteiger partial charge >= 0.3 is 5.69 Å². The van der Waals surface area contributed by atoms with Crippen LogP contribution < -0.4 is 26.3 Å². The number of aryl methyl sites for hydroxylation is 1. The van der Waals surface area contributed by atoms with E-state index in [-0.39, 0.29) is 11.6 Å². The number of ether oxygens (including phenoxy) is 1. The Morgan fingerprint density at radius 2 is 1.83 bits per heavy atom. The molecule has 0 unspecified atom stereocenters. The molecule has 0 fully saturated rings. The fourth-order valence-corrected chi connectivity index (χ4v) is 3.62. The van der Waals surface area contributed by atoms with E-state index in [2.05, 4.69) is 15.4 Å². The highest BCUT2D eigenvalue weighted by atomic mass is 16.5. The average Bonchev–Trinajstić information content (AvgIpc) is 3.16. The predicted molar refractivity (Wildman–Crippen MR) is 117 cm³/mol. The molecule has 1 atom stereocenters. The minimum atomic E-state index is -0.402. The Hall–Kier alpha value is -3.56. The molecule has 158 valence electrons. The number of hydrogen-bond donors (Lipinski definition) is 1. The summed E-state index contributed by atoms with van der Waals surface area (Å²) in [7, 11) is 4.74. The van der Waals surface area contributed by atoms with Gasteiger partial charge in [-0.15, -0.1) is 0 Å². The molecule has 0 aliphatic carbocycles. The van der Waals surface area contributed by atoms with Crippen molar-refractivity contribution in [3.63, 3.8) is 0 Å². The summed E-state index contributed by atoms with van der Waals surface area (Å²) in [6.07, 6.45) is 0. The fraction of sp³-hybridized carbons (Fsp3) is 0.400. The largest absolute Gasteiger partial charge is 0.497 e. The van der Waals surface area contributed by atoms with Gasteiger partial charge in [0.1, 0.15) is 5.75 Å². The molecule has 1 aliphatic heterocycles. The van der Waals surface area contributed by atoms with Crippen molar-refractivity contribution in [2.24, 2.45) is 19.2 Å². The molecular formula is C20H25N7O3. The van der Waals surface area contributed by atoms with Crippen LogP contribution in [0, 0.1) is 0 Å². The first kappa shape index (κ1) is 19.7. The lowest BCUT2D eigenvalue weighted by Gasteiger charge is -2.29. The molecule has 30 heavy (non-hydrogen) atoms. The molecule has 1 aromatic carbocycles. The second-order valence-electron chi connectivity index (χ2n) is 7.36. The van der Waals surface area contributed by atoms with Gasteiger partial charge in [-0.2, -0.15) is 10.1 Å². The first-order chi connectivity index (χ1) is 14.3. The molecule has 0 amide bonds. The highest BCUT2D eigenvalue weighted by Gasteiger charge is 2.30. The van der Waals surface area contributed by atoms with Gasteiger partial charge in [-0.25, -0.2) is 9.80 Å². The number of nitrogens with one attached hydrogen (secondary N) is 1. The first-order valence-corrected chi connectivity index (χ1v) is 9.72. The molecule has 0 saturated carbocycles. The highest BCUT2D eigenvalue weighted by Crippen LogP contribution is 2.29. The summed E-state index contributed by atoms with van der Waals surface area (Å²) in [6, 6.07) is 7.54. The van der Waals surface area contributed by atoms with Crippen LogP contribution in [0.4, 0.5) is 11.6 Å². The SMILES string of the molecule is COc1ccc(NCCN2N=C(C)[C@@H](C)n3c2nc2c3c(=O)n(C)c(=O)n2C)cc1. The van der Waals surface area contributed by atoms with Gasteiger partial charge < -0.3 is 10.1 Å². The summed E-state index contributed by atoms with van der Waals surface area (Å²) in [5.41, 5.74) is 1.84. The zero-order valence-electron chi connectivity index (χ0n) is 17.7. The van der Waals surface area contributed by atoms with Crippen LogP contribution in [0.2, 0.25) is 0 Å². The standard InChI is InChI=1S/C20H25N7O3/c1-12-13(2)27-16-17(24(3)20(29)25(4)18(16)28)22-19(27)26(23-12)11-10-21-14-6-8-15(30-5)9-7-14/h6-9,13,21H,10-11H2,1-5H3/t13-/m1/s1. The Morgan fingerprint density at radius 3 is 2.50 bits per heavy atom. The number of imidazole rings is 1. The molecule has 0 spiro atoms. The molecule has 0 bridgehead atoms. The number of hydrazone groups is 1. The van der Waals surface area contributed by atoms with Crippen molar-refractivity contribution in [2.75, 3.05) is 30.5 Å². The number of rotatable bonds is 5. The van der Waals surface area contributed by atoms with Crippen LogP contribution in [0.3, 0.4) is 0 Å². The van der Waals surface area contributed by atoms with E-state index in [1.54, 1.807) is 19.2 Å². The maximum absolute atomic E-state index is 12.9. The lowest BCUT2D eigenvalue weighted by Crippen LogP contribution is -2.39. The van der Waals surface area contributed by atoms with Gasteiger partial charge in [-0.1, -0.05) is 0 Å². The van der Waals surface area contributed by atoms with Crippen molar-refractivity contribution in [1.29, 1.82) is 0 Å². The Balaban J connectivity index is 1.67. The number of benzene rings is 1. The van der Waals surface area contributed by atoms with Crippen LogP contribution in [0.5, 0.6) is 5.75 Å². The van der Waals surface area contributed by atoms with E-state index in [0.717, 1.165) is 21.7 Å². The third-order valence-electron chi connectivity index (χ3n) is 5.52. The molecule has 10 heteroatoms. The summed E-state index contributed by atoms with van der Waals surface area (Å²) < 4.78 is 9.56. The van der Waals surface area contributed by atoms with Crippen molar-refractivity contribution in [2.45, 2.75) is 19.9 Å². The Bertz CT molecular complexity index is 1250. The monoisotopic (exact) mass is 411 g/mol. The number of fused-ring (bicyclic) bond motifs is 3. The Morgan fingerprint density at radius 1 is 1.13 bits per heavy atom. The summed E-state index contributed by atoms with van der Waals surface area (Å²) in [6.45, 7) is 5.04. The minimum Gasteiger partial charge on any atom is -0.497 e. The third kappa shape index (κ3) is 3.04. The van der Waals surface area contributed by atoms with Crippen molar-refractivity contribution in [3.8, 4) is 5.75 Å². The summed E-state index contributed by atoms with van der Waals surface area (Å²) >= 11 is 0. The Kier molecular flexibility index (Phi) is 4.84. The molecule has 1 N–H and O–H groups in total. The van der Waals surface area contributed by atoms with Gasteiger partial charge in [0.2, 0.25) is 5.95 Å². The van der Waals surface area contributed by atoms with Gasteiger partial charge in [-0.05, 0) is 38.1 Å². The van der Waals surface area contributed by atoms with Gasteiger partial charge in [0.25, 0.3) is 5.56 Å². The second-order valence-corrected chi connectivity index (χ2v) is 7.36. The van der Waals surface area contributed by atoms with E-state index in [4.69, 9.17) is 4.74 Å². The van der Waals surface area contributed by atoms with E-state index < -0.39 is 5.69 Å². The second kappa shape index (κ2) is 7.36. The maximum atomic E-state index is 12.9. The van der Waals surface area contributed by atoms with Crippen LogP contribution in [0.15, 0.2) is 39.0 Å². The van der Waals surface area contributed by atoms with Gasteiger partial charge in [0.05, 0.1) is 25.4 Å². The lowest BCUT2D eigenvalue weighted by molar-refractivity contribution is 0.415. The molecule has 1 aliphatic rings. The number of aromatic nitrogens is 4. The van der Waals surface area contributed by atoms with E-state index in [0.29, 0.717) is 30.2 Å².